The van der Waals surface area contributed by atoms with Gasteiger partial charge in [0.15, 0.2) is 0 Å². The molecular formula is C16H16ClFN2O3S. The van der Waals surface area contributed by atoms with Crippen LogP contribution in [0.5, 0.6) is 0 Å². The van der Waals surface area contributed by atoms with Crippen molar-refractivity contribution in [3.8, 4) is 0 Å². The number of anilines is 1. The number of benzene rings is 2. The Bertz CT molecular complexity index is 825. The molecule has 0 radical (unpaired) electrons. The van der Waals surface area contributed by atoms with Crippen LogP contribution in [-0.2, 0) is 10.0 Å². The number of sulfonamides is 1. The first-order valence-electron chi connectivity index (χ1n) is 7.05. The molecule has 0 spiro atoms. The first kappa shape index (κ1) is 18.2. The third kappa shape index (κ3) is 4.69. The minimum atomic E-state index is -3.54. The predicted octanol–water partition coefficient (Wildman–Crippen LogP) is 2.68. The second-order valence-corrected chi connectivity index (χ2v) is 7.39. The average Bonchev–Trinajstić information content (AvgIpc) is 2.52. The van der Waals surface area contributed by atoms with Crippen molar-refractivity contribution in [2.75, 3.05) is 23.7 Å². The highest BCUT2D eigenvalue weighted by Gasteiger charge is 2.18. The van der Waals surface area contributed by atoms with Gasteiger partial charge in [0.05, 0.1) is 24.1 Å². The van der Waals surface area contributed by atoms with Crippen molar-refractivity contribution in [1.29, 1.82) is 0 Å². The van der Waals surface area contributed by atoms with Crippen molar-refractivity contribution in [3.63, 3.8) is 0 Å². The van der Waals surface area contributed by atoms with Crippen LogP contribution in [0, 0.1) is 5.82 Å². The van der Waals surface area contributed by atoms with Crippen LogP contribution in [0.25, 0.3) is 0 Å². The van der Waals surface area contributed by atoms with Crippen molar-refractivity contribution in [2.45, 2.75) is 0 Å². The first-order chi connectivity index (χ1) is 11.3. The van der Waals surface area contributed by atoms with Crippen LogP contribution in [0.3, 0.4) is 0 Å². The molecule has 0 heterocycles. The summed E-state index contributed by atoms with van der Waals surface area (Å²) in [5.41, 5.74) is 0.344. The number of hydrogen-bond acceptors (Lipinski definition) is 3. The maximum absolute atomic E-state index is 13.5. The van der Waals surface area contributed by atoms with Gasteiger partial charge >= 0.3 is 0 Å². The van der Waals surface area contributed by atoms with Gasteiger partial charge in [0.25, 0.3) is 5.91 Å². The zero-order chi connectivity index (χ0) is 17.7. The number of carbonyl (C=O) groups excluding carboxylic acids is 1. The minimum Gasteiger partial charge on any atom is -0.350 e. The molecule has 2 aromatic carbocycles. The smallest absolute Gasteiger partial charge is 0.254 e. The molecule has 0 aliphatic carbocycles. The summed E-state index contributed by atoms with van der Waals surface area (Å²) in [6.45, 7) is 0.0452. The highest BCUT2D eigenvalue weighted by molar-refractivity contribution is 7.92. The summed E-state index contributed by atoms with van der Waals surface area (Å²) in [5, 5.41) is 3.00. The molecule has 24 heavy (non-hydrogen) atoms. The fourth-order valence-electron chi connectivity index (χ4n) is 2.11. The molecule has 0 saturated carbocycles. The maximum atomic E-state index is 13.5. The van der Waals surface area contributed by atoms with E-state index < -0.39 is 21.7 Å². The lowest BCUT2D eigenvalue weighted by Crippen LogP contribution is -2.38. The molecule has 0 atom stereocenters. The molecule has 128 valence electrons. The van der Waals surface area contributed by atoms with E-state index in [1.807, 2.05) is 0 Å². The highest BCUT2D eigenvalue weighted by atomic mass is 35.5. The summed E-state index contributed by atoms with van der Waals surface area (Å²) >= 11 is 5.80. The van der Waals surface area contributed by atoms with Gasteiger partial charge in [-0.05, 0) is 36.4 Å². The predicted molar refractivity (Wildman–Crippen MR) is 92.4 cm³/mol. The molecule has 2 rings (SSSR count). The molecule has 5 nitrogen and oxygen atoms in total. The Morgan fingerprint density at radius 3 is 2.38 bits per heavy atom. The Labute approximate surface area is 145 Å². The van der Waals surface area contributed by atoms with Gasteiger partial charge in [-0.3, -0.25) is 9.10 Å². The van der Waals surface area contributed by atoms with Crippen LogP contribution >= 0.6 is 11.6 Å². The standard InChI is InChI=1S/C16H16ClFN2O3S/c1-24(22,23)20(13-8-6-12(17)7-9-13)11-10-19-16(21)14-4-2-3-5-15(14)18/h2-9H,10-11H2,1H3,(H,19,21). The fraction of sp³-hybridized carbons (Fsp3) is 0.188. The van der Waals surface area contributed by atoms with E-state index in [-0.39, 0.29) is 18.7 Å². The summed E-state index contributed by atoms with van der Waals surface area (Å²) in [5.74, 6) is -1.23. The van der Waals surface area contributed by atoms with Crippen molar-refractivity contribution in [3.05, 3.63) is 64.9 Å². The lowest BCUT2D eigenvalue weighted by atomic mass is 10.2. The van der Waals surface area contributed by atoms with Crippen LogP contribution in [0.4, 0.5) is 10.1 Å². The maximum Gasteiger partial charge on any atom is 0.254 e. The van der Waals surface area contributed by atoms with Gasteiger partial charge < -0.3 is 5.32 Å². The molecule has 0 aliphatic heterocycles. The molecule has 0 saturated heterocycles. The van der Waals surface area contributed by atoms with Crippen molar-refractivity contribution < 1.29 is 17.6 Å². The van der Waals surface area contributed by atoms with Gasteiger partial charge in [0.2, 0.25) is 10.0 Å². The lowest BCUT2D eigenvalue weighted by Gasteiger charge is -2.22. The van der Waals surface area contributed by atoms with Crippen LogP contribution in [0.2, 0.25) is 5.02 Å². The van der Waals surface area contributed by atoms with E-state index in [0.717, 1.165) is 10.6 Å². The number of halogens is 2. The molecule has 2 aromatic rings. The average molecular weight is 371 g/mol. The molecule has 0 unspecified atom stereocenters. The summed E-state index contributed by atoms with van der Waals surface area (Å²) in [7, 11) is -3.54. The second-order valence-electron chi connectivity index (χ2n) is 5.05. The molecule has 1 amide bonds. The molecule has 8 heteroatoms. The summed E-state index contributed by atoms with van der Waals surface area (Å²) < 4.78 is 38.6. The molecule has 0 fully saturated rings. The van der Waals surface area contributed by atoms with Crippen LogP contribution in [0.15, 0.2) is 48.5 Å². The molecule has 1 N–H and O–H groups in total. The monoisotopic (exact) mass is 370 g/mol. The van der Waals surface area contributed by atoms with E-state index in [1.165, 1.54) is 18.2 Å². The van der Waals surface area contributed by atoms with E-state index in [2.05, 4.69) is 5.32 Å². The van der Waals surface area contributed by atoms with Gasteiger partial charge in [-0.25, -0.2) is 12.8 Å². The summed E-state index contributed by atoms with van der Waals surface area (Å²) in [4.78, 5) is 11.9. The number of nitrogens with one attached hydrogen (secondary N) is 1. The van der Waals surface area contributed by atoms with E-state index in [0.29, 0.717) is 10.7 Å². The number of rotatable bonds is 6. The largest absolute Gasteiger partial charge is 0.350 e. The summed E-state index contributed by atoms with van der Waals surface area (Å²) in [6.07, 6.45) is 1.07. The third-order valence-corrected chi connectivity index (χ3v) is 4.68. The van der Waals surface area contributed by atoms with Gasteiger partial charge in [-0.15, -0.1) is 0 Å². The Morgan fingerprint density at radius 2 is 1.79 bits per heavy atom. The first-order valence-corrected chi connectivity index (χ1v) is 9.27. The van der Waals surface area contributed by atoms with Gasteiger partial charge in [0, 0.05) is 11.6 Å². The molecule has 0 aromatic heterocycles. The summed E-state index contributed by atoms with van der Waals surface area (Å²) in [6, 6.07) is 11.9. The topological polar surface area (TPSA) is 66.5 Å². The fourth-order valence-corrected chi connectivity index (χ4v) is 3.16. The Balaban J connectivity index is 2.05. The van der Waals surface area contributed by atoms with Crippen LogP contribution in [0.1, 0.15) is 10.4 Å². The normalized spacial score (nSPS) is 11.1. The Kier molecular flexibility index (Phi) is 5.80. The Morgan fingerprint density at radius 1 is 1.17 bits per heavy atom. The van der Waals surface area contributed by atoms with Gasteiger partial charge in [0.1, 0.15) is 5.82 Å². The van der Waals surface area contributed by atoms with E-state index in [1.54, 1.807) is 30.3 Å². The molecular weight excluding hydrogens is 355 g/mol. The van der Waals surface area contributed by atoms with E-state index in [9.17, 15) is 17.6 Å². The second kappa shape index (κ2) is 7.63. The zero-order valence-corrected chi connectivity index (χ0v) is 14.4. The zero-order valence-electron chi connectivity index (χ0n) is 12.9. The third-order valence-electron chi connectivity index (χ3n) is 3.23. The van der Waals surface area contributed by atoms with Crippen LogP contribution in [-0.4, -0.2) is 33.7 Å². The van der Waals surface area contributed by atoms with Crippen molar-refractivity contribution >= 4 is 33.2 Å². The quantitative estimate of drug-likeness (QED) is 0.850. The van der Waals surface area contributed by atoms with Gasteiger partial charge in [-0.1, -0.05) is 23.7 Å². The van der Waals surface area contributed by atoms with Crippen LogP contribution < -0.4 is 9.62 Å². The minimum absolute atomic E-state index is 0.0145. The molecule has 0 aliphatic rings. The van der Waals surface area contributed by atoms with E-state index in [4.69, 9.17) is 11.6 Å². The molecule has 0 bridgehead atoms. The Hall–Kier alpha value is -2.12. The number of amides is 1. The van der Waals surface area contributed by atoms with Crippen molar-refractivity contribution in [2.24, 2.45) is 0 Å². The lowest BCUT2D eigenvalue weighted by molar-refractivity contribution is 0.0951. The number of nitrogens with zero attached hydrogens (tertiary/aromatic N) is 1. The number of carbonyl (C=O) groups is 1. The van der Waals surface area contributed by atoms with E-state index >= 15 is 0 Å². The van der Waals surface area contributed by atoms with Gasteiger partial charge in [-0.2, -0.15) is 0 Å². The highest BCUT2D eigenvalue weighted by Crippen LogP contribution is 2.20. The SMILES string of the molecule is CS(=O)(=O)N(CCNC(=O)c1ccccc1F)c1ccc(Cl)cc1. The number of hydrogen-bond donors (Lipinski definition) is 1. The van der Waals surface area contributed by atoms with Crippen molar-refractivity contribution in [1.82, 2.24) is 5.32 Å².